The first-order chi connectivity index (χ1) is 9.76. The van der Waals surface area contributed by atoms with Crippen molar-refractivity contribution in [3.63, 3.8) is 0 Å². The number of hydrogen-bond donors (Lipinski definition) is 2. The molecule has 5 heteroatoms. The molecule has 1 heterocycles. The lowest BCUT2D eigenvalue weighted by molar-refractivity contribution is 0.174. The van der Waals surface area contributed by atoms with E-state index in [2.05, 4.69) is 0 Å². The molecular formula is C15H15NO4. The third-order valence-corrected chi connectivity index (χ3v) is 3.07. The summed E-state index contributed by atoms with van der Waals surface area (Å²) in [4.78, 5) is 0. The van der Waals surface area contributed by atoms with E-state index >= 15 is 0 Å². The van der Waals surface area contributed by atoms with E-state index in [1.807, 2.05) is 12.1 Å². The fourth-order valence-electron chi connectivity index (χ4n) is 1.97. The summed E-state index contributed by atoms with van der Waals surface area (Å²) >= 11 is 0. The van der Waals surface area contributed by atoms with E-state index in [1.165, 1.54) is 0 Å². The van der Waals surface area contributed by atoms with E-state index in [4.69, 9.17) is 19.9 Å². The average Bonchev–Trinajstić information content (AvgIpc) is 2.95. The summed E-state index contributed by atoms with van der Waals surface area (Å²) in [6, 6.07) is 12.6. The minimum absolute atomic E-state index is 0.197. The van der Waals surface area contributed by atoms with Crippen LogP contribution in [0.15, 0.2) is 42.5 Å². The standard InChI is InChI=1S/C15H15NO4/c16-8-13(17)10-1-3-11(4-2-10)20-12-5-6-14-15(7-12)19-9-18-14/h1-7,13,17H,8-9,16H2. The number of fused-ring (bicyclic) bond motifs is 1. The van der Waals surface area contributed by atoms with Gasteiger partial charge in [0.2, 0.25) is 6.79 Å². The van der Waals surface area contributed by atoms with Crippen LogP contribution in [0.1, 0.15) is 11.7 Å². The zero-order valence-corrected chi connectivity index (χ0v) is 10.8. The first-order valence-corrected chi connectivity index (χ1v) is 6.32. The van der Waals surface area contributed by atoms with Gasteiger partial charge in [-0.1, -0.05) is 12.1 Å². The number of aliphatic hydroxyl groups excluding tert-OH is 1. The number of aliphatic hydroxyl groups is 1. The van der Waals surface area contributed by atoms with Crippen LogP contribution in [-0.2, 0) is 0 Å². The van der Waals surface area contributed by atoms with Gasteiger partial charge in [-0.25, -0.2) is 0 Å². The van der Waals surface area contributed by atoms with Crippen LogP contribution in [0.2, 0.25) is 0 Å². The molecule has 2 aromatic carbocycles. The smallest absolute Gasteiger partial charge is 0.231 e. The predicted molar refractivity (Wildman–Crippen MR) is 73.1 cm³/mol. The van der Waals surface area contributed by atoms with Crippen LogP contribution in [0.25, 0.3) is 0 Å². The minimum Gasteiger partial charge on any atom is -0.457 e. The fourth-order valence-corrected chi connectivity index (χ4v) is 1.97. The molecule has 0 spiro atoms. The average molecular weight is 273 g/mol. The maximum Gasteiger partial charge on any atom is 0.231 e. The van der Waals surface area contributed by atoms with Gasteiger partial charge in [-0.15, -0.1) is 0 Å². The van der Waals surface area contributed by atoms with Crippen molar-refractivity contribution in [2.45, 2.75) is 6.10 Å². The number of ether oxygens (including phenoxy) is 3. The Balaban J connectivity index is 1.74. The minimum atomic E-state index is -0.644. The third-order valence-electron chi connectivity index (χ3n) is 3.07. The quantitative estimate of drug-likeness (QED) is 0.893. The summed E-state index contributed by atoms with van der Waals surface area (Å²) in [7, 11) is 0. The number of nitrogens with two attached hydrogens (primary N) is 1. The van der Waals surface area contributed by atoms with Crippen molar-refractivity contribution in [2.75, 3.05) is 13.3 Å². The van der Waals surface area contributed by atoms with Crippen LogP contribution in [0.4, 0.5) is 0 Å². The molecule has 3 N–H and O–H groups in total. The summed E-state index contributed by atoms with van der Waals surface area (Å²) in [5.74, 6) is 2.75. The zero-order valence-electron chi connectivity index (χ0n) is 10.8. The lowest BCUT2D eigenvalue weighted by atomic mass is 10.1. The van der Waals surface area contributed by atoms with E-state index < -0.39 is 6.10 Å². The van der Waals surface area contributed by atoms with Crippen molar-refractivity contribution in [3.05, 3.63) is 48.0 Å². The van der Waals surface area contributed by atoms with Crippen molar-refractivity contribution in [2.24, 2.45) is 5.73 Å². The van der Waals surface area contributed by atoms with Gasteiger partial charge < -0.3 is 25.1 Å². The summed E-state index contributed by atoms with van der Waals surface area (Å²) in [5.41, 5.74) is 6.18. The van der Waals surface area contributed by atoms with Crippen LogP contribution in [0, 0.1) is 0 Å². The van der Waals surface area contributed by atoms with Crippen LogP contribution in [-0.4, -0.2) is 18.4 Å². The Morgan fingerprint density at radius 3 is 2.50 bits per heavy atom. The lowest BCUT2D eigenvalue weighted by Crippen LogP contribution is -2.11. The Bertz CT molecular complexity index is 597. The number of rotatable bonds is 4. The highest BCUT2D eigenvalue weighted by atomic mass is 16.7. The van der Waals surface area contributed by atoms with Crippen LogP contribution in [0.5, 0.6) is 23.0 Å². The van der Waals surface area contributed by atoms with E-state index in [-0.39, 0.29) is 13.3 Å². The van der Waals surface area contributed by atoms with E-state index in [1.54, 1.807) is 30.3 Å². The molecule has 0 radical (unpaired) electrons. The molecule has 104 valence electrons. The highest BCUT2D eigenvalue weighted by molar-refractivity contribution is 5.48. The largest absolute Gasteiger partial charge is 0.457 e. The van der Waals surface area contributed by atoms with Gasteiger partial charge in [0.15, 0.2) is 11.5 Å². The Morgan fingerprint density at radius 1 is 1.05 bits per heavy atom. The number of hydrogen-bond acceptors (Lipinski definition) is 5. The third kappa shape index (κ3) is 2.54. The molecule has 0 saturated heterocycles. The molecule has 1 aliphatic rings. The predicted octanol–water partition coefficient (Wildman–Crippen LogP) is 2.20. The van der Waals surface area contributed by atoms with E-state index in [0.29, 0.717) is 17.2 Å². The maximum absolute atomic E-state index is 9.62. The van der Waals surface area contributed by atoms with Gasteiger partial charge >= 0.3 is 0 Å². The molecule has 3 rings (SSSR count). The van der Waals surface area contributed by atoms with Gasteiger partial charge in [-0.3, -0.25) is 0 Å². The molecule has 1 unspecified atom stereocenters. The number of benzene rings is 2. The topological polar surface area (TPSA) is 73.9 Å². The Morgan fingerprint density at radius 2 is 1.75 bits per heavy atom. The molecule has 0 fully saturated rings. The van der Waals surface area contributed by atoms with Crippen LogP contribution < -0.4 is 19.9 Å². The normalized spacial score (nSPS) is 14.1. The summed E-state index contributed by atoms with van der Waals surface area (Å²) in [5, 5.41) is 9.62. The van der Waals surface area contributed by atoms with Gasteiger partial charge in [0.05, 0.1) is 6.10 Å². The van der Waals surface area contributed by atoms with Crippen molar-refractivity contribution < 1.29 is 19.3 Å². The van der Waals surface area contributed by atoms with Gasteiger partial charge in [-0.2, -0.15) is 0 Å². The fraction of sp³-hybridized carbons (Fsp3) is 0.200. The molecule has 0 bridgehead atoms. The van der Waals surface area contributed by atoms with Crippen LogP contribution >= 0.6 is 0 Å². The van der Waals surface area contributed by atoms with Gasteiger partial charge in [0, 0.05) is 12.6 Å². The Kier molecular flexibility index (Phi) is 3.45. The van der Waals surface area contributed by atoms with Crippen LogP contribution in [0.3, 0.4) is 0 Å². The second kappa shape index (κ2) is 5.40. The van der Waals surface area contributed by atoms with Gasteiger partial charge in [-0.05, 0) is 29.8 Å². The summed E-state index contributed by atoms with van der Waals surface area (Å²) in [6.07, 6.45) is -0.644. The summed E-state index contributed by atoms with van der Waals surface area (Å²) < 4.78 is 16.3. The SMILES string of the molecule is NCC(O)c1ccc(Oc2ccc3c(c2)OCO3)cc1. The monoisotopic (exact) mass is 273 g/mol. The molecule has 1 atom stereocenters. The van der Waals surface area contributed by atoms with E-state index in [9.17, 15) is 5.11 Å². The Hall–Kier alpha value is -2.24. The highest BCUT2D eigenvalue weighted by Gasteiger charge is 2.14. The van der Waals surface area contributed by atoms with Gasteiger partial charge in [0.25, 0.3) is 0 Å². The molecule has 1 aliphatic heterocycles. The Labute approximate surface area is 116 Å². The molecule has 2 aromatic rings. The molecule has 0 aromatic heterocycles. The second-order valence-corrected chi connectivity index (χ2v) is 4.44. The first kappa shape index (κ1) is 12.8. The van der Waals surface area contributed by atoms with Gasteiger partial charge in [0.1, 0.15) is 11.5 Å². The zero-order chi connectivity index (χ0) is 13.9. The molecule has 0 aliphatic carbocycles. The molecule has 5 nitrogen and oxygen atoms in total. The second-order valence-electron chi connectivity index (χ2n) is 4.44. The first-order valence-electron chi connectivity index (χ1n) is 6.32. The lowest BCUT2D eigenvalue weighted by Gasteiger charge is -2.10. The van der Waals surface area contributed by atoms with Crippen molar-refractivity contribution in [3.8, 4) is 23.0 Å². The molecule has 0 saturated carbocycles. The molecule has 20 heavy (non-hydrogen) atoms. The van der Waals surface area contributed by atoms with Crippen molar-refractivity contribution in [1.29, 1.82) is 0 Å². The van der Waals surface area contributed by atoms with Crippen molar-refractivity contribution >= 4 is 0 Å². The molecular weight excluding hydrogens is 258 g/mol. The summed E-state index contributed by atoms with van der Waals surface area (Å²) in [6.45, 7) is 0.437. The molecule has 0 amide bonds. The van der Waals surface area contributed by atoms with E-state index in [0.717, 1.165) is 11.3 Å². The maximum atomic E-state index is 9.62. The van der Waals surface area contributed by atoms with Crippen molar-refractivity contribution in [1.82, 2.24) is 0 Å². The highest BCUT2D eigenvalue weighted by Crippen LogP contribution is 2.36.